The number of carbonyl (C=O) groups excluding carboxylic acids is 1. The van der Waals surface area contributed by atoms with Gasteiger partial charge in [0, 0.05) is 44.0 Å². The number of fused-ring (bicyclic) bond motifs is 4. The van der Waals surface area contributed by atoms with E-state index in [2.05, 4.69) is 10.2 Å². The smallest absolute Gasteiger partial charge is 0.253 e. The number of para-hydroxylation sites is 1. The molecular weight excluding hydrogens is 418 g/mol. The number of nitrogens with one attached hydrogen (secondary N) is 1. The maximum Gasteiger partial charge on any atom is 0.253 e. The number of rotatable bonds is 3. The molecule has 2 aliphatic heterocycles. The topological polar surface area (TPSA) is 76.7 Å². The van der Waals surface area contributed by atoms with Gasteiger partial charge in [-0.05, 0) is 51.1 Å². The first-order valence-electron chi connectivity index (χ1n) is 11.3. The van der Waals surface area contributed by atoms with Crippen LogP contribution < -0.4 is 14.2 Å². The van der Waals surface area contributed by atoms with Gasteiger partial charge in [-0.15, -0.1) is 0 Å². The van der Waals surface area contributed by atoms with Gasteiger partial charge in [0.15, 0.2) is 11.5 Å². The van der Waals surface area contributed by atoms with E-state index in [0.29, 0.717) is 43.0 Å². The molecule has 1 aromatic heterocycles. The predicted octanol–water partition coefficient (Wildman–Crippen LogP) is 5.03. The van der Waals surface area contributed by atoms with E-state index >= 15 is 0 Å². The first-order chi connectivity index (χ1) is 15.8. The number of aromatic nitrogens is 2. The van der Waals surface area contributed by atoms with Crippen molar-refractivity contribution in [1.29, 1.82) is 0 Å². The summed E-state index contributed by atoms with van der Waals surface area (Å²) in [6.45, 7) is 7.12. The standard InChI is InChI=1S/C26H29N3O4.H2/c1-25(2,3)32-21-10-9-17(15-22(21)31-4)24(30)29-13-11-26(12-14-29)19-16-27-28-23(19)18-7-5-6-8-20(18)33-26;/h5-10,15-16H,11-14H2,1-4H3,(H,27,28);1H. The Bertz CT molecular complexity index is 1190. The van der Waals surface area contributed by atoms with Gasteiger partial charge in [-0.2, -0.15) is 5.10 Å². The molecule has 3 aromatic rings. The first-order valence-corrected chi connectivity index (χ1v) is 11.3. The zero-order valence-corrected chi connectivity index (χ0v) is 19.5. The van der Waals surface area contributed by atoms with Gasteiger partial charge >= 0.3 is 0 Å². The maximum absolute atomic E-state index is 13.3. The molecule has 7 nitrogen and oxygen atoms in total. The van der Waals surface area contributed by atoms with Crippen molar-refractivity contribution in [2.24, 2.45) is 0 Å². The third kappa shape index (κ3) is 3.81. The van der Waals surface area contributed by atoms with Crippen molar-refractivity contribution in [2.45, 2.75) is 44.8 Å². The minimum atomic E-state index is -0.477. The van der Waals surface area contributed by atoms with Gasteiger partial charge in [0.05, 0.1) is 19.0 Å². The number of ether oxygens (including phenoxy) is 3. The lowest BCUT2D eigenvalue weighted by Gasteiger charge is -2.44. The number of carbonyl (C=O) groups is 1. The minimum Gasteiger partial charge on any atom is -0.493 e. The molecule has 5 rings (SSSR count). The number of amides is 1. The number of hydrogen-bond donors (Lipinski definition) is 1. The van der Waals surface area contributed by atoms with E-state index in [-0.39, 0.29) is 12.9 Å². The van der Waals surface area contributed by atoms with Crippen LogP contribution in [0.2, 0.25) is 0 Å². The molecule has 7 heteroatoms. The molecule has 33 heavy (non-hydrogen) atoms. The van der Waals surface area contributed by atoms with Crippen LogP contribution in [0.4, 0.5) is 0 Å². The van der Waals surface area contributed by atoms with Crippen LogP contribution in [0.5, 0.6) is 17.2 Å². The molecule has 2 aromatic carbocycles. The van der Waals surface area contributed by atoms with E-state index in [1.807, 2.05) is 62.2 Å². The van der Waals surface area contributed by atoms with Gasteiger partial charge in [-0.1, -0.05) is 12.1 Å². The molecule has 3 heterocycles. The van der Waals surface area contributed by atoms with E-state index < -0.39 is 5.60 Å². The lowest BCUT2D eigenvalue weighted by atomic mass is 9.81. The third-order valence-electron chi connectivity index (χ3n) is 6.28. The molecule has 1 saturated heterocycles. The predicted molar refractivity (Wildman–Crippen MR) is 127 cm³/mol. The Morgan fingerprint density at radius 2 is 1.91 bits per heavy atom. The van der Waals surface area contributed by atoms with Crippen LogP contribution >= 0.6 is 0 Å². The molecule has 0 bridgehead atoms. The van der Waals surface area contributed by atoms with Crippen molar-refractivity contribution in [3.8, 4) is 28.5 Å². The number of methoxy groups -OCH3 is 1. The summed E-state index contributed by atoms with van der Waals surface area (Å²) < 4.78 is 18.0. The van der Waals surface area contributed by atoms with Crippen LogP contribution in [-0.2, 0) is 5.60 Å². The van der Waals surface area contributed by atoms with Gasteiger partial charge in [0.1, 0.15) is 17.0 Å². The molecule has 0 atom stereocenters. The van der Waals surface area contributed by atoms with Gasteiger partial charge in [-0.3, -0.25) is 9.89 Å². The fourth-order valence-electron chi connectivity index (χ4n) is 4.70. The summed E-state index contributed by atoms with van der Waals surface area (Å²) in [4.78, 5) is 15.2. The maximum atomic E-state index is 13.3. The van der Waals surface area contributed by atoms with Crippen molar-refractivity contribution in [1.82, 2.24) is 15.1 Å². The van der Waals surface area contributed by atoms with Crippen LogP contribution in [0.3, 0.4) is 0 Å². The molecule has 0 radical (unpaired) electrons. The Balaban J connectivity index is 0.00000274. The summed E-state index contributed by atoms with van der Waals surface area (Å²) in [5, 5.41) is 7.44. The fraction of sp³-hybridized carbons (Fsp3) is 0.385. The van der Waals surface area contributed by atoms with Gasteiger partial charge in [0.2, 0.25) is 0 Å². The highest BCUT2D eigenvalue weighted by Crippen LogP contribution is 2.48. The number of nitrogens with zero attached hydrogens (tertiary/aromatic N) is 2. The lowest BCUT2D eigenvalue weighted by molar-refractivity contribution is -0.00161. The average molecular weight is 450 g/mol. The van der Waals surface area contributed by atoms with Crippen molar-refractivity contribution in [3.63, 3.8) is 0 Å². The Labute approximate surface area is 195 Å². The van der Waals surface area contributed by atoms with Crippen LogP contribution in [0.25, 0.3) is 11.3 Å². The van der Waals surface area contributed by atoms with Crippen molar-refractivity contribution < 1.29 is 20.4 Å². The summed E-state index contributed by atoms with van der Waals surface area (Å²) in [7, 11) is 1.59. The summed E-state index contributed by atoms with van der Waals surface area (Å²) >= 11 is 0. The number of hydrogen-bond acceptors (Lipinski definition) is 5. The number of piperidine rings is 1. The summed E-state index contributed by atoms with van der Waals surface area (Å²) in [5.74, 6) is 2.02. The molecule has 1 N–H and O–H groups in total. The highest BCUT2D eigenvalue weighted by atomic mass is 16.5. The van der Waals surface area contributed by atoms with E-state index in [1.54, 1.807) is 19.2 Å². The highest BCUT2D eigenvalue weighted by Gasteiger charge is 2.45. The molecule has 1 amide bonds. The molecule has 174 valence electrons. The molecule has 1 spiro atoms. The molecule has 0 unspecified atom stereocenters. The number of H-pyrrole nitrogens is 1. The second-order valence-electron chi connectivity index (χ2n) is 9.62. The van der Waals surface area contributed by atoms with Crippen LogP contribution in [0.15, 0.2) is 48.7 Å². The molecule has 2 aliphatic rings. The summed E-state index contributed by atoms with van der Waals surface area (Å²) in [5.41, 5.74) is 2.86. The van der Waals surface area contributed by atoms with Crippen molar-refractivity contribution >= 4 is 5.91 Å². The number of benzene rings is 2. The van der Waals surface area contributed by atoms with E-state index in [9.17, 15) is 4.79 Å². The Morgan fingerprint density at radius 1 is 1.15 bits per heavy atom. The SMILES string of the molecule is COc1cc(C(=O)N2CCC3(CC2)Oc2ccccc2-c2[nH]ncc23)ccc1OC(C)(C)C.[HH]. The number of aromatic amines is 1. The monoisotopic (exact) mass is 449 g/mol. The van der Waals surface area contributed by atoms with Gasteiger partial charge in [-0.25, -0.2) is 0 Å². The quantitative estimate of drug-likeness (QED) is 0.607. The summed E-state index contributed by atoms with van der Waals surface area (Å²) in [6.07, 6.45) is 3.26. The second kappa shape index (κ2) is 7.83. The van der Waals surface area contributed by atoms with E-state index in [4.69, 9.17) is 14.2 Å². The Hall–Kier alpha value is -3.48. The Kier molecular flexibility index (Phi) is 5.07. The van der Waals surface area contributed by atoms with E-state index in [0.717, 1.165) is 22.6 Å². The zero-order valence-electron chi connectivity index (χ0n) is 19.5. The van der Waals surface area contributed by atoms with Gasteiger partial charge < -0.3 is 19.1 Å². The van der Waals surface area contributed by atoms with Crippen molar-refractivity contribution in [3.05, 3.63) is 59.8 Å². The molecular formula is C26H31N3O4. The zero-order chi connectivity index (χ0) is 23.2. The van der Waals surface area contributed by atoms with Crippen LogP contribution in [0, 0.1) is 0 Å². The average Bonchev–Trinajstić information content (AvgIpc) is 3.30. The third-order valence-corrected chi connectivity index (χ3v) is 6.28. The first kappa shape index (κ1) is 21.4. The molecule has 0 aliphatic carbocycles. The summed E-state index contributed by atoms with van der Waals surface area (Å²) in [6, 6.07) is 13.4. The van der Waals surface area contributed by atoms with E-state index in [1.165, 1.54) is 0 Å². The number of likely N-dealkylation sites (tertiary alicyclic amines) is 1. The normalized spacial score (nSPS) is 16.5. The Morgan fingerprint density at radius 3 is 2.64 bits per heavy atom. The highest BCUT2D eigenvalue weighted by molar-refractivity contribution is 5.95. The van der Waals surface area contributed by atoms with Gasteiger partial charge in [0.25, 0.3) is 5.91 Å². The minimum absolute atomic E-state index is 0. The van der Waals surface area contributed by atoms with Crippen LogP contribution in [-0.4, -0.2) is 46.8 Å². The second-order valence-corrected chi connectivity index (χ2v) is 9.62. The van der Waals surface area contributed by atoms with Crippen molar-refractivity contribution in [2.75, 3.05) is 20.2 Å². The fourth-order valence-corrected chi connectivity index (χ4v) is 4.70. The largest absolute Gasteiger partial charge is 0.493 e. The molecule has 0 saturated carbocycles. The lowest BCUT2D eigenvalue weighted by Crippen LogP contribution is -2.48. The molecule has 1 fully saturated rings. The van der Waals surface area contributed by atoms with Crippen LogP contribution in [0.1, 0.15) is 51.0 Å².